The molecule has 2 rings (SSSR count). The first-order chi connectivity index (χ1) is 9.47. The second kappa shape index (κ2) is 5.65. The lowest BCUT2D eigenvalue weighted by molar-refractivity contribution is -0.389. The van der Waals surface area contributed by atoms with Gasteiger partial charge in [0.15, 0.2) is 0 Å². The second-order valence-electron chi connectivity index (χ2n) is 4.28. The van der Waals surface area contributed by atoms with Gasteiger partial charge in [0.1, 0.15) is 12.5 Å². The summed E-state index contributed by atoms with van der Waals surface area (Å²) in [7, 11) is 0. The molecule has 0 radical (unpaired) electrons. The lowest BCUT2D eigenvalue weighted by Gasteiger charge is -2.14. The Bertz CT molecular complexity index is 542. The van der Waals surface area contributed by atoms with Crippen molar-refractivity contribution in [3.8, 4) is 0 Å². The number of nitrogens with zero attached hydrogens (tertiary/aromatic N) is 3. The van der Waals surface area contributed by atoms with E-state index in [1.54, 1.807) is 0 Å². The minimum atomic E-state index is -1.04. The van der Waals surface area contributed by atoms with E-state index in [4.69, 9.17) is 9.84 Å². The maximum Gasteiger partial charge on any atom is 0.389 e. The molecule has 10 nitrogen and oxygen atoms in total. The molecule has 1 saturated heterocycles. The normalized spacial score (nSPS) is 21.6. The molecule has 0 aliphatic carbocycles. The molecule has 20 heavy (non-hydrogen) atoms. The van der Waals surface area contributed by atoms with Crippen LogP contribution in [0, 0.1) is 16.0 Å². The number of aromatic nitrogens is 2. The molecule has 1 fully saturated rings. The fourth-order valence-corrected chi connectivity index (χ4v) is 1.88. The number of nitrogens with one attached hydrogen (secondary N) is 1. The third kappa shape index (κ3) is 3.09. The van der Waals surface area contributed by atoms with Crippen LogP contribution in [0.15, 0.2) is 12.3 Å². The molecule has 1 aliphatic rings. The Hall–Kier alpha value is -2.49. The van der Waals surface area contributed by atoms with Gasteiger partial charge in [0.05, 0.1) is 36.6 Å². The van der Waals surface area contributed by atoms with Gasteiger partial charge in [0, 0.05) is 0 Å². The summed E-state index contributed by atoms with van der Waals surface area (Å²) in [6.45, 7) is -0.0494. The third-order valence-electron chi connectivity index (χ3n) is 2.86. The van der Waals surface area contributed by atoms with E-state index in [9.17, 15) is 19.7 Å². The molecular weight excluding hydrogens is 272 g/mol. The van der Waals surface area contributed by atoms with Gasteiger partial charge in [-0.15, -0.1) is 0 Å². The first-order valence-electron chi connectivity index (χ1n) is 5.75. The summed E-state index contributed by atoms with van der Waals surface area (Å²) in [6, 6.07) is 0.567. The van der Waals surface area contributed by atoms with Gasteiger partial charge in [-0.05, 0) is 4.92 Å². The highest BCUT2D eigenvalue weighted by molar-refractivity contribution is 5.78. The topological polar surface area (TPSA) is 137 Å². The largest absolute Gasteiger partial charge is 0.481 e. The van der Waals surface area contributed by atoms with Gasteiger partial charge >= 0.3 is 11.8 Å². The number of hydrogen-bond acceptors (Lipinski definition) is 6. The lowest BCUT2D eigenvalue weighted by atomic mass is 10.0. The molecule has 1 aromatic heterocycles. The monoisotopic (exact) mass is 284 g/mol. The smallest absolute Gasteiger partial charge is 0.389 e. The first-order valence-corrected chi connectivity index (χ1v) is 5.75. The van der Waals surface area contributed by atoms with Gasteiger partial charge in [-0.2, -0.15) is 4.68 Å². The van der Waals surface area contributed by atoms with E-state index >= 15 is 0 Å². The number of rotatable bonds is 5. The summed E-state index contributed by atoms with van der Waals surface area (Å²) in [5.41, 5.74) is 0. The van der Waals surface area contributed by atoms with Crippen LogP contribution in [0.5, 0.6) is 0 Å². The Morgan fingerprint density at radius 3 is 2.95 bits per heavy atom. The summed E-state index contributed by atoms with van der Waals surface area (Å²) in [5, 5.41) is 25.5. The SMILES string of the molecule is O=C(Cn1ccc([N+](=O)[O-])n1)NC1COCC1C(=O)O. The minimum absolute atomic E-state index is 0.0491. The van der Waals surface area contributed by atoms with Crippen molar-refractivity contribution in [3.63, 3.8) is 0 Å². The molecule has 1 amide bonds. The van der Waals surface area contributed by atoms with E-state index < -0.39 is 28.8 Å². The molecule has 2 heterocycles. The van der Waals surface area contributed by atoms with Gasteiger partial charge < -0.3 is 25.3 Å². The summed E-state index contributed by atoms with van der Waals surface area (Å²) < 4.78 is 6.12. The van der Waals surface area contributed by atoms with Gasteiger partial charge in [-0.1, -0.05) is 0 Å². The standard InChI is InChI=1S/C10H12N4O6/c15-9(3-13-2-1-8(12-13)14(18)19)11-7-5-20-4-6(7)10(16)17/h1-2,6-7H,3-5H2,(H,11,15)(H,16,17). The van der Waals surface area contributed by atoms with E-state index in [-0.39, 0.29) is 25.6 Å². The second-order valence-corrected chi connectivity index (χ2v) is 4.28. The molecule has 0 bridgehead atoms. The maximum atomic E-state index is 11.7. The van der Waals surface area contributed by atoms with E-state index in [0.29, 0.717) is 0 Å². The fourth-order valence-electron chi connectivity index (χ4n) is 1.88. The van der Waals surface area contributed by atoms with Crippen LogP contribution in [-0.2, 0) is 20.9 Å². The van der Waals surface area contributed by atoms with Crippen molar-refractivity contribution >= 4 is 17.7 Å². The average Bonchev–Trinajstić information content (AvgIpc) is 2.97. The molecule has 0 saturated carbocycles. The number of amides is 1. The molecule has 10 heteroatoms. The van der Waals surface area contributed by atoms with Crippen molar-refractivity contribution in [2.45, 2.75) is 12.6 Å². The van der Waals surface area contributed by atoms with Crippen molar-refractivity contribution < 1.29 is 24.4 Å². The zero-order valence-corrected chi connectivity index (χ0v) is 10.3. The third-order valence-corrected chi connectivity index (χ3v) is 2.86. The molecule has 2 unspecified atom stereocenters. The quantitative estimate of drug-likeness (QED) is 0.523. The van der Waals surface area contributed by atoms with Crippen LogP contribution in [0.4, 0.5) is 5.82 Å². The Morgan fingerprint density at radius 1 is 1.60 bits per heavy atom. The molecule has 2 atom stereocenters. The van der Waals surface area contributed by atoms with Crippen LogP contribution < -0.4 is 5.32 Å². The average molecular weight is 284 g/mol. The molecule has 2 N–H and O–H groups in total. The summed E-state index contributed by atoms with van der Waals surface area (Å²) >= 11 is 0. The van der Waals surface area contributed by atoms with Gasteiger partial charge in [-0.25, -0.2) is 0 Å². The van der Waals surface area contributed by atoms with Gasteiger partial charge in [0.2, 0.25) is 5.91 Å². The number of nitro groups is 1. The Morgan fingerprint density at radius 2 is 2.35 bits per heavy atom. The van der Waals surface area contributed by atoms with Crippen LogP contribution in [0.1, 0.15) is 0 Å². The zero-order valence-electron chi connectivity index (χ0n) is 10.3. The van der Waals surface area contributed by atoms with Crippen LogP contribution in [0.2, 0.25) is 0 Å². The predicted molar refractivity (Wildman–Crippen MR) is 62.8 cm³/mol. The predicted octanol–water partition coefficient (Wildman–Crippen LogP) is -0.993. The van der Waals surface area contributed by atoms with Gasteiger partial charge in [0.25, 0.3) is 0 Å². The van der Waals surface area contributed by atoms with Crippen LogP contribution in [0.25, 0.3) is 0 Å². The highest BCUT2D eigenvalue weighted by Crippen LogP contribution is 2.14. The highest BCUT2D eigenvalue weighted by atomic mass is 16.6. The van der Waals surface area contributed by atoms with E-state index in [0.717, 1.165) is 4.68 Å². The fraction of sp³-hybridized carbons (Fsp3) is 0.500. The van der Waals surface area contributed by atoms with Gasteiger partial charge in [-0.3, -0.25) is 9.59 Å². The van der Waals surface area contributed by atoms with Crippen molar-refractivity contribution in [2.24, 2.45) is 5.92 Å². The molecule has 0 aromatic carbocycles. The lowest BCUT2D eigenvalue weighted by Crippen LogP contribution is -2.44. The Balaban J connectivity index is 1.91. The number of aliphatic carboxylic acids is 1. The number of carboxylic acids is 1. The molecule has 108 valence electrons. The minimum Gasteiger partial charge on any atom is -0.481 e. The van der Waals surface area contributed by atoms with Crippen LogP contribution >= 0.6 is 0 Å². The molecule has 1 aromatic rings. The highest BCUT2D eigenvalue weighted by Gasteiger charge is 2.35. The summed E-state index contributed by atoms with van der Waals surface area (Å²) in [5.74, 6) is -2.66. The molecule has 1 aliphatic heterocycles. The maximum absolute atomic E-state index is 11.7. The van der Waals surface area contributed by atoms with Crippen molar-refractivity contribution in [3.05, 3.63) is 22.4 Å². The van der Waals surface area contributed by atoms with Crippen molar-refractivity contribution in [1.82, 2.24) is 15.1 Å². The number of carbonyl (C=O) groups is 2. The Kier molecular flexibility index (Phi) is 3.94. The zero-order chi connectivity index (χ0) is 14.7. The van der Waals surface area contributed by atoms with Crippen molar-refractivity contribution in [2.75, 3.05) is 13.2 Å². The van der Waals surface area contributed by atoms with E-state index in [1.807, 2.05) is 0 Å². The number of hydrogen-bond donors (Lipinski definition) is 2. The Labute approximate surface area is 112 Å². The molecular formula is C10H12N4O6. The summed E-state index contributed by atoms with van der Waals surface area (Å²) in [6.07, 6.45) is 1.30. The summed E-state index contributed by atoms with van der Waals surface area (Å²) in [4.78, 5) is 32.4. The first kappa shape index (κ1) is 13.9. The van der Waals surface area contributed by atoms with Crippen molar-refractivity contribution in [1.29, 1.82) is 0 Å². The van der Waals surface area contributed by atoms with E-state index in [1.165, 1.54) is 12.3 Å². The number of carbonyl (C=O) groups excluding carboxylic acids is 1. The number of ether oxygens (including phenoxy) is 1. The van der Waals surface area contributed by atoms with Crippen LogP contribution in [-0.4, -0.2) is 50.9 Å². The molecule has 0 spiro atoms. The van der Waals surface area contributed by atoms with Crippen LogP contribution in [0.3, 0.4) is 0 Å². The van der Waals surface area contributed by atoms with E-state index in [2.05, 4.69) is 10.4 Å². The number of carboxylic acid groups (broad SMARTS) is 1.